The first-order valence-electron chi connectivity index (χ1n) is 13.0. The fourth-order valence-electron chi connectivity index (χ4n) is 4.52. The Morgan fingerprint density at radius 3 is 2.46 bits per heavy atom. The number of carbonyl (C=O) groups excluding carboxylic acids is 1. The van der Waals surface area contributed by atoms with Gasteiger partial charge in [-0.1, -0.05) is 35.9 Å². The van der Waals surface area contributed by atoms with E-state index in [-0.39, 0.29) is 17.6 Å². The first-order chi connectivity index (χ1) is 18.9. The average molecular weight is 535 g/mol. The molecule has 0 aliphatic carbocycles. The van der Waals surface area contributed by atoms with E-state index in [1.165, 1.54) is 17.7 Å². The van der Waals surface area contributed by atoms with Gasteiger partial charge in [0.05, 0.1) is 28.7 Å². The van der Waals surface area contributed by atoms with Gasteiger partial charge in [0.25, 0.3) is 0 Å². The average Bonchev–Trinajstić information content (AvgIpc) is 3.39. The van der Waals surface area contributed by atoms with Crippen molar-refractivity contribution in [2.24, 2.45) is 0 Å². The molecule has 39 heavy (non-hydrogen) atoms. The number of anilines is 2. The summed E-state index contributed by atoms with van der Waals surface area (Å²) in [5, 5.41) is 15.0. The predicted octanol–water partition coefficient (Wildman–Crippen LogP) is 5.70. The SMILES string of the molecule is Cc1ccc(-n2nc(C(C)(CF)CF)cc2NC(=O)Nc2cnc(OC3CCNCC3)c3ccccc23)cc1. The number of nitrogens with one attached hydrogen (secondary N) is 3. The Kier molecular flexibility index (Phi) is 7.74. The van der Waals surface area contributed by atoms with Crippen molar-refractivity contribution in [2.75, 3.05) is 37.1 Å². The van der Waals surface area contributed by atoms with Crippen molar-refractivity contribution < 1.29 is 18.3 Å². The Balaban J connectivity index is 1.42. The van der Waals surface area contributed by atoms with Crippen LogP contribution in [0.2, 0.25) is 0 Å². The minimum Gasteiger partial charge on any atom is -0.474 e. The third-order valence-electron chi connectivity index (χ3n) is 7.01. The molecule has 4 aromatic rings. The molecule has 1 saturated heterocycles. The van der Waals surface area contributed by atoms with Crippen molar-refractivity contribution in [2.45, 2.75) is 38.2 Å². The number of rotatable bonds is 8. The van der Waals surface area contributed by atoms with Crippen LogP contribution < -0.4 is 20.7 Å². The van der Waals surface area contributed by atoms with E-state index in [0.29, 0.717) is 17.3 Å². The van der Waals surface area contributed by atoms with E-state index < -0.39 is 24.8 Å². The summed E-state index contributed by atoms with van der Waals surface area (Å²) in [4.78, 5) is 17.7. The number of nitrogens with zero attached hydrogens (tertiary/aromatic N) is 3. The van der Waals surface area contributed by atoms with Crippen LogP contribution in [0.4, 0.5) is 25.1 Å². The van der Waals surface area contributed by atoms with E-state index >= 15 is 0 Å². The summed E-state index contributed by atoms with van der Waals surface area (Å²) in [7, 11) is 0. The number of ether oxygens (including phenoxy) is 1. The van der Waals surface area contributed by atoms with Crippen molar-refractivity contribution >= 4 is 28.3 Å². The summed E-state index contributed by atoms with van der Waals surface area (Å²) >= 11 is 0. The molecule has 2 amide bonds. The zero-order valence-corrected chi connectivity index (χ0v) is 22.0. The van der Waals surface area contributed by atoms with E-state index in [1.807, 2.05) is 55.5 Å². The number of hydrogen-bond acceptors (Lipinski definition) is 5. The van der Waals surface area contributed by atoms with Crippen molar-refractivity contribution in [3.05, 3.63) is 72.1 Å². The number of urea groups is 1. The van der Waals surface area contributed by atoms with Crippen molar-refractivity contribution in [1.29, 1.82) is 0 Å². The number of piperidine rings is 1. The lowest BCUT2D eigenvalue weighted by Crippen LogP contribution is -2.34. The highest BCUT2D eigenvalue weighted by Gasteiger charge is 2.31. The highest BCUT2D eigenvalue weighted by Crippen LogP contribution is 2.32. The number of pyridine rings is 1. The van der Waals surface area contributed by atoms with Crippen LogP contribution >= 0.6 is 0 Å². The second kappa shape index (κ2) is 11.4. The van der Waals surface area contributed by atoms with Gasteiger partial charge in [-0.2, -0.15) is 5.10 Å². The van der Waals surface area contributed by atoms with Crippen LogP contribution in [0.15, 0.2) is 60.8 Å². The number of hydrogen-bond donors (Lipinski definition) is 3. The number of carbonyl (C=O) groups is 1. The Labute approximate surface area is 225 Å². The van der Waals surface area contributed by atoms with Gasteiger partial charge in [0, 0.05) is 16.8 Å². The van der Waals surface area contributed by atoms with E-state index in [9.17, 15) is 13.6 Å². The number of benzene rings is 2. The molecule has 2 aromatic heterocycles. The van der Waals surface area contributed by atoms with Gasteiger partial charge in [0.2, 0.25) is 5.88 Å². The summed E-state index contributed by atoms with van der Waals surface area (Å²) in [6, 6.07) is 16.0. The molecule has 5 rings (SSSR count). The number of aromatic nitrogens is 3. The Hall–Kier alpha value is -4.05. The van der Waals surface area contributed by atoms with Crippen LogP contribution in [0.3, 0.4) is 0 Å². The molecule has 8 nitrogen and oxygen atoms in total. The first kappa shape index (κ1) is 26.6. The Morgan fingerprint density at radius 2 is 1.77 bits per heavy atom. The summed E-state index contributed by atoms with van der Waals surface area (Å²) in [5.74, 6) is 0.810. The highest BCUT2D eigenvalue weighted by atomic mass is 19.1. The van der Waals surface area contributed by atoms with E-state index in [2.05, 4.69) is 26.0 Å². The second-order valence-corrected chi connectivity index (χ2v) is 10.2. The van der Waals surface area contributed by atoms with E-state index in [4.69, 9.17) is 4.74 Å². The van der Waals surface area contributed by atoms with Crippen LogP contribution in [0.1, 0.15) is 31.0 Å². The summed E-state index contributed by atoms with van der Waals surface area (Å²) in [6.45, 7) is 3.37. The van der Waals surface area contributed by atoms with Gasteiger partial charge in [0.1, 0.15) is 25.3 Å². The standard InChI is InChI=1S/C29H32F2N6O2/c1-19-7-9-20(10-8-19)37-26(15-25(36-37)29(2,17-30)18-31)35-28(38)34-24-16-33-27(23-6-4-3-5-22(23)24)39-21-11-13-32-14-12-21/h3-10,15-16,21,32H,11-14,17-18H2,1-2H3,(H2,34,35,38). The molecule has 0 spiro atoms. The van der Waals surface area contributed by atoms with Crippen LogP contribution in [-0.2, 0) is 5.41 Å². The van der Waals surface area contributed by atoms with Gasteiger partial charge >= 0.3 is 6.03 Å². The molecule has 0 saturated carbocycles. The molecule has 0 radical (unpaired) electrons. The smallest absolute Gasteiger partial charge is 0.324 e. The molecule has 1 fully saturated rings. The maximum Gasteiger partial charge on any atom is 0.324 e. The number of alkyl halides is 2. The summed E-state index contributed by atoms with van der Waals surface area (Å²) in [6.07, 6.45) is 3.46. The van der Waals surface area contributed by atoms with Gasteiger partial charge in [-0.3, -0.25) is 5.32 Å². The molecule has 10 heteroatoms. The largest absolute Gasteiger partial charge is 0.474 e. The van der Waals surface area contributed by atoms with E-state index in [1.54, 1.807) is 6.20 Å². The van der Waals surface area contributed by atoms with Crippen molar-refractivity contribution in [1.82, 2.24) is 20.1 Å². The van der Waals surface area contributed by atoms with Crippen molar-refractivity contribution in [3.63, 3.8) is 0 Å². The molecule has 204 valence electrons. The predicted molar refractivity (Wildman–Crippen MR) is 149 cm³/mol. The summed E-state index contributed by atoms with van der Waals surface area (Å²) in [5.41, 5.74) is 0.971. The van der Waals surface area contributed by atoms with Crippen molar-refractivity contribution in [3.8, 4) is 11.6 Å². The molecule has 1 aliphatic rings. The molecule has 2 aromatic carbocycles. The summed E-state index contributed by atoms with van der Waals surface area (Å²) < 4.78 is 35.3. The molecule has 0 unspecified atom stereocenters. The van der Waals surface area contributed by atoms with Crippen LogP contribution in [0.25, 0.3) is 16.5 Å². The molecule has 3 heterocycles. The van der Waals surface area contributed by atoms with Gasteiger partial charge in [-0.05, 0) is 58.0 Å². The van der Waals surface area contributed by atoms with Gasteiger partial charge in [-0.25, -0.2) is 23.2 Å². The van der Waals surface area contributed by atoms with Gasteiger partial charge < -0.3 is 15.4 Å². The molecule has 3 N–H and O–H groups in total. The normalized spacial score (nSPS) is 14.4. The highest BCUT2D eigenvalue weighted by molar-refractivity contribution is 6.06. The Bertz CT molecular complexity index is 1450. The van der Waals surface area contributed by atoms with Crippen LogP contribution in [0.5, 0.6) is 5.88 Å². The molecular formula is C29H32F2N6O2. The number of fused-ring (bicyclic) bond motifs is 1. The lowest BCUT2D eigenvalue weighted by molar-refractivity contribution is 0.158. The second-order valence-electron chi connectivity index (χ2n) is 10.2. The molecule has 0 bridgehead atoms. The third-order valence-corrected chi connectivity index (χ3v) is 7.01. The Morgan fingerprint density at radius 1 is 1.08 bits per heavy atom. The van der Waals surface area contributed by atoms with Crippen LogP contribution in [0, 0.1) is 6.92 Å². The maximum atomic E-state index is 13.8. The molecular weight excluding hydrogens is 502 g/mol. The minimum absolute atomic E-state index is 0.0832. The lowest BCUT2D eigenvalue weighted by atomic mass is 9.90. The monoisotopic (exact) mass is 534 g/mol. The van der Waals surface area contributed by atoms with Crippen LogP contribution in [-0.4, -0.2) is 53.3 Å². The quantitative estimate of drug-likeness (QED) is 0.270. The number of amides is 2. The topological polar surface area (TPSA) is 93.1 Å². The lowest BCUT2D eigenvalue weighted by Gasteiger charge is -2.24. The third kappa shape index (κ3) is 5.70. The van der Waals surface area contributed by atoms with Gasteiger partial charge in [-0.15, -0.1) is 0 Å². The van der Waals surface area contributed by atoms with Gasteiger partial charge in [0.15, 0.2) is 0 Å². The fraction of sp³-hybridized carbons (Fsp3) is 0.345. The fourth-order valence-corrected chi connectivity index (χ4v) is 4.52. The maximum absolute atomic E-state index is 13.8. The first-order valence-corrected chi connectivity index (χ1v) is 13.0. The van der Waals surface area contributed by atoms with E-state index in [0.717, 1.165) is 42.3 Å². The zero-order chi connectivity index (χ0) is 27.4. The molecule has 1 aliphatic heterocycles. The zero-order valence-electron chi connectivity index (χ0n) is 22.0. The number of halogens is 2. The minimum atomic E-state index is -1.42. The molecule has 0 atom stereocenters. The number of aryl methyl sites for hydroxylation is 1.